The Morgan fingerprint density at radius 2 is 2.40 bits per heavy atom. The quantitative estimate of drug-likeness (QED) is 0.412. The highest BCUT2D eigenvalue weighted by molar-refractivity contribution is 6.08. The van der Waals surface area contributed by atoms with Gasteiger partial charge in [-0.15, -0.1) is 0 Å². The molecular weight excluding hydrogens is 194 g/mol. The summed E-state index contributed by atoms with van der Waals surface area (Å²) in [5, 5.41) is 0. The van der Waals surface area contributed by atoms with Crippen LogP contribution < -0.4 is 0 Å². The lowest BCUT2D eigenvalue weighted by Gasteiger charge is -2.05. The minimum atomic E-state index is -0.654. The number of cyclic esters (lactones) is 1. The van der Waals surface area contributed by atoms with Crippen molar-refractivity contribution in [1.82, 2.24) is 4.98 Å². The van der Waals surface area contributed by atoms with Crippen molar-refractivity contribution in [3.8, 4) is 0 Å². The fourth-order valence-corrected chi connectivity index (χ4v) is 1.64. The van der Waals surface area contributed by atoms with Gasteiger partial charge >= 0.3 is 5.97 Å². The van der Waals surface area contributed by atoms with E-state index in [1.807, 2.05) is 0 Å². The van der Waals surface area contributed by atoms with E-state index in [-0.39, 0.29) is 5.78 Å². The summed E-state index contributed by atoms with van der Waals surface area (Å²) in [4.78, 5) is 27.1. The van der Waals surface area contributed by atoms with Gasteiger partial charge in [-0.3, -0.25) is 14.6 Å². The van der Waals surface area contributed by atoms with Crippen LogP contribution in [0.4, 0.5) is 0 Å². The van der Waals surface area contributed by atoms with Crippen LogP contribution in [-0.4, -0.2) is 23.3 Å². The van der Waals surface area contributed by atoms with Gasteiger partial charge in [-0.25, -0.2) is 0 Å². The van der Waals surface area contributed by atoms with Gasteiger partial charge < -0.3 is 4.74 Å². The van der Waals surface area contributed by atoms with Gasteiger partial charge in [0.05, 0.1) is 6.61 Å². The van der Waals surface area contributed by atoms with Gasteiger partial charge in [0.25, 0.3) is 0 Å². The first-order chi connectivity index (χ1) is 7.20. The lowest BCUT2D eigenvalue weighted by Crippen LogP contribution is -2.21. The summed E-state index contributed by atoms with van der Waals surface area (Å²) in [5.74, 6) is -1.31. The summed E-state index contributed by atoms with van der Waals surface area (Å²) < 4.78 is 4.76. The van der Waals surface area contributed by atoms with E-state index in [0.29, 0.717) is 18.7 Å². The summed E-state index contributed by atoms with van der Waals surface area (Å²) in [7, 11) is 0. The highest BCUT2D eigenvalue weighted by atomic mass is 16.5. The molecule has 1 aromatic rings. The Morgan fingerprint density at radius 3 is 3.00 bits per heavy atom. The molecule has 15 heavy (non-hydrogen) atoms. The number of ketones is 1. The van der Waals surface area contributed by atoms with Gasteiger partial charge in [-0.2, -0.15) is 0 Å². The van der Waals surface area contributed by atoms with E-state index in [2.05, 4.69) is 4.98 Å². The molecular formula is C11H11NO3. The van der Waals surface area contributed by atoms with Crippen LogP contribution in [0.3, 0.4) is 0 Å². The van der Waals surface area contributed by atoms with Gasteiger partial charge in [0.1, 0.15) is 11.6 Å². The molecule has 0 aliphatic carbocycles. The zero-order chi connectivity index (χ0) is 10.8. The van der Waals surface area contributed by atoms with E-state index in [1.165, 1.54) is 0 Å². The first-order valence-electron chi connectivity index (χ1n) is 4.82. The molecule has 1 aliphatic rings. The number of ether oxygens (including phenoxy) is 1. The number of Topliss-reactive ketones (excluding diaryl/α,β-unsaturated/α-hetero) is 1. The van der Waals surface area contributed by atoms with Crippen molar-refractivity contribution >= 4 is 11.8 Å². The van der Waals surface area contributed by atoms with Crippen LogP contribution in [0.1, 0.15) is 22.5 Å². The molecule has 0 spiro atoms. The Hall–Kier alpha value is -1.71. The fraction of sp³-hybridized carbons (Fsp3) is 0.364. The third-order valence-electron chi connectivity index (χ3n) is 2.49. The zero-order valence-electron chi connectivity index (χ0n) is 8.40. The van der Waals surface area contributed by atoms with Crippen molar-refractivity contribution in [2.45, 2.75) is 13.3 Å². The van der Waals surface area contributed by atoms with Crippen LogP contribution in [0, 0.1) is 12.8 Å². The largest absolute Gasteiger partial charge is 0.465 e. The van der Waals surface area contributed by atoms with Crippen molar-refractivity contribution in [2.24, 2.45) is 5.92 Å². The first-order valence-corrected chi connectivity index (χ1v) is 4.82. The molecule has 0 bridgehead atoms. The average Bonchev–Trinajstić information content (AvgIpc) is 2.64. The second-order valence-electron chi connectivity index (χ2n) is 3.54. The summed E-state index contributed by atoms with van der Waals surface area (Å²) in [6, 6.07) is 3.57. The molecule has 2 rings (SSSR count). The molecule has 0 N–H and O–H groups in total. The number of carbonyl (C=O) groups is 2. The minimum Gasteiger partial charge on any atom is -0.465 e. The first kappa shape index (κ1) is 9.83. The number of nitrogens with zero attached hydrogens (tertiary/aromatic N) is 1. The van der Waals surface area contributed by atoms with Crippen LogP contribution in [0.2, 0.25) is 0 Å². The number of aromatic nitrogens is 1. The Bertz CT molecular complexity index is 414. The lowest BCUT2D eigenvalue weighted by molar-refractivity contribution is -0.140. The fourth-order valence-electron chi connectivity index (χ4n) is 1.64. The molecule has 78 valence electrons. The van der Waals surface area contributed by atoms with Crippen molar-refractivity contribution in [3.63, 3.8) is 0 Å². The van der Waals surface area contributed by atoms with E-state index >= 15 is 0 Å². The smallest absolute Gasteiger partial charge is 0.317 e. The summed E-state index contributed by atoms with van der Waals surface area (Å²) in [5.41, 5.74) is 1.17. The van der Waals surface area contributed by atoms with E-state index in [1.54, 1.807) is 25.3 Å². The molecule has 0 amide bonds. The molecule has 1 aromatic heterocycles. The molecule has 4 heteroatoms. The summed E-state index contributed by atoms with van der Waals surface area (Å²) in [6.45, 7) is 2.14. The summed E-state index contributed by atoms with van der Waals surface area (Å²) >= 11 is 0. The molecule has 1 unspecified atom stereocenters. The Kier molecular flexibility index (Phi) is 2.49. The molecule has 4 nitrogen and oxygen atoms in total. The zero-order valence-corrected chi connectivity index (χ0v) is 8.40. The van der Waals surface area contributed by atoms with E-state index < -0.39 is 11.9 Å². The maximum atomic E-state index is 11.9. The molecule has 0 aromatic carbocycles. The Balaban J connectivity index is 2.28. The van der Waals surface area contributed by atoms with Crippen molar-refractivity contribution in [3.05, 3.63) is 29.6 Å². The van der Waals surface area contributed by atoms with Crippen LogP contribution >= 0.6 is 0 Å². The van der Waals surface area contributed by atoms with Crippen molar-refractivity contribution in [1.29, 1.82) is 0 Å². The Morgan fingerprint density at radius 1 is 1.60 bits per heavy atom. The molecule has 0 saturated carbocycles. The van der Waals surface area contributed by atoms with Crippen LogP contribution in [-0.2, 0) is 9.53 Å². The third-order valence-corrected chi connectivity index (χ3v) is 2.49. The number of rotatable bonds is 2. The number of aryl methyl sites for hydroxylation is 1. The number of esters is 1. The third kappa shape index (κ3) is 1.75. The highest BCUT2D eigenvalue weighted by Gasteiger charge is 2.34. The monoisotopic (exact) mass is 205 g/mol. The van der Waals surface area contributed by atoms with Crippen LogP contribution in [0.5, 0.6) is 0 Å². The van der Waals surface area contributed by atoms with Gasteiger partial charge in [-0.1, -0.05) is 6.07 Å². The lowest BCUT2D eigenvalue weighted by atomic mass is 9.98. The standard InChI is InChI=1S/C11H11NO3/c1-7-3-2-5-12-9(7)10(13)8-4-6-15-11(8)14/h2-3,5,8H,4,6H2,1H3. The highest BCUT2D eigenvalue weighted by Crippen LogP contribution is 2.20. The van der Waals surface area contributed by atoms with Crippen molar-refractivity contribution < 1.29 is 14.3 Å². The van der Waals surface area contributed by atoms with Crippen LogP contribution in [0.25, 0.3) is 0 Å². The van der Waals surface area contributed by atoms with E-state index in [4.69, 9.17) is 4.74 Å². The summed E-state index contributed by atoms with van der Waals surface area (Å²) in [6.07, 6.45) is 2.02. The van der Waals surface area contributed by atoms with E-state index in [9.17, 15) is 9.59 Å². The second-order valence-corrected chi connectivity index (χ2v) is 3.54. The molecule has 2 heterocycles. The normalized spacial score (nSPS) is 20.1. The number of carbonyl (C=O) groups excluding carboxylic acids is 2. The van der Waals surface area contributed by atoms with Gasteiger partial charge in [0, 0.05) is 12.6 Å². The topological polar surface area (TPSA) is 56.3 Å². The van der Waals surface area contributed by atoms with Gasteiger partial charge in [-0.05, 0) is 18.6 Å². The SMILES string of the molecule is Cc1cccnc1C(=O)C1CCOC1=O. The molecule has 0 radical (unpaired) electrons. The maximum Gasteiger partial charge on any atom is 0.317 e. The number of pyridine rings is 1. The van der Waals surface area contributed by atoms with Gasteiger partial charge in [0.15, 0.2) is 5.78 Å². The molecule has 1 fully saturated rings. The minimum absolute atomic E-state index is 0.226. The van der Waals surface area contributed by atoms with Gasteiger partial charge in [0.2, 0.25) is 0 Å². The number of hydrogen-bond donors (Lipinski definition) is 0. The number of hydrogen-bond acceptors (Lipinski definition) is 4. The second kappa shape index (κ2) is 3.81. The van der Waals surface area contributed by atoms with Crippen LogP contribution in [0.15, 0.2) is 18.3 Å². The Labute approximate surface area is 87.3 Å². The predicted octanol–water partition coefficient (Wildman–Crippen LogP) is 1.14. The predicted molar refractivity (Wildman–Crippen MR) is 52.4 cm³/mol. The van der Waals surface area contributed by atoms with Crippen molar-refractivity contribution in [2.75, 3.05) is 6.61 Å². The van der Waals surface area contributed by atoms with E-state index in [0.717, 1.165) is 5.56 Å². The molecule has 1 aliphatic heterocycles. The molecule has 1 saturated heterocycles. The average molecular weight is 205 g/mol. The molecule has 1 atom stereocenters. The maximum absolute atomic E-state index is 11.9.